The van der Waals surface area contributed by atoms with Gasteiger partial charge in [0.2, 0.25) is 11.8 Å². The highest BCUT2D eigenvalue weighted by Crippen LogP contribution is 2.11. The highest BCUT2D eigenvalue weighted by molar-refractivity contribution is 5.91. The molecule has 0 saturated carbocycles. The van der Waals surface area contributed by atoms with E-state index >= 15 is 0 Å². The van der Waals surface area contributed by atoms with Crippen LogP contribution in [0.5, 0.6) is 0 Å². The van der Waals surface area contributed by atoms with Gasteiger partial charge in [0.05, 0.1) is 10.9 Å². The maximum Gasteiger partial charge on any atom is 0.331 e. The summed E-state index contributed by atoms with van der Waals surface area (Å²) < 4.78 is 15.4. The summed E-state index contributed by atoms with van der Waals surface area (Å²) in [6.07, 6.45) is 0.407. The highest BCUT2D eigenvalue weighted by Gasteiger charge is 2.16. The molecule has 4 aromatic rings. The van der Waals surface area contributed by atoms with Crippen LogP contribution < -0.4 is 21.9 Å². The standard InChI is InChI=1S/C28H27FN4O4/c1-19-8-10-20(11-9-19)17-30-25(34)7-4-16-32-27(36)23-5-2-3-6-24(23)33(28(32)37)18-26(35)31-22-14-12-21(29)13-15-22/h2-3,5-6,8-15H,4,7,16-18H2,1H3,(H,30,34)(H,31,35). The van der Waals surface area contributed by atoms with Crippen molar-refractivity contribution >= 4 is 28.4 Å². The van der Waals surface area contributed by atoms with E-state index in [0.717, 1.165) is 15.7 Å². The lowest BCUT2D eigenvalue weighted by molar-refractivity contribution is -0.121. The summed E-state index contributed by atoms with van der Waals surface area (Å²) in [4.78, 5) is 51.3. The van der Waals surface area contributed by atoms with Gasteiger partial charge < -0.3 is 10.6 Å². The van der Waals surface area contributed by atoms with Crippen LogP contribution in [-0.2, 0) is 29.2 Å². The molecule has 0 bridgehead atoms. The van der Waals surface area contributed by atoms with E-state index in [1.54, 1.807) is 24.3 Å². The van der Waals surface area contributed by atoms with Gasteiger partial charge in [0.1, 0.15) is 12.4 Å². The topological polar surface area (TPSA) is 102 Å². The molecule has 1 aromatic heterocycles. The summed E-state index contributed by atoms with van der Waals surface area (Å²) in [5, 5.41) is 5.76. The van der Waals surface area contributed by atoms with Gasteiger partial charge in [0.25, 0.3) is 5.56 Å². The van der Waals surface area contributed by atoms with Crippen LogP contribution >= 0.6 is 0 Å². The van der Waals surface area contributed by atoms with Crippen LogP contribution in [0.4, 0.5) is 10.1 Å². The van der Waals surface area contributed by atoms with Gasteiger partial charge in [-0.25, -0.2) is 9.18 Å². The van der Waals surface area contributed by atoms with Crippen molar-refractivity contribution in [3.05, 3.63) is 111 Å². The molecule has 0 unspecified atom stereocenters. The van der Waals surface area contributed by atoms with Gasteiger partial charge in [0, 0.05) is 25.2 Å². The summed E-state index contributed by atoms with van der Waals surface area (Å²) in [6, 6.07) is 19.6. The van der Waals surface area contributed by atoms with Gasteiger partial charge in [-0.1, -0.05) is 42.0 Å². The number of halogens is 1. The number of amides is 2. The molecule has 190 valence electrons. The quantitative estimate of drug-likeness (QED) is 0.367. The number of anilines is 1. The van der Waals surface area contributed by atoms with Gasteiger partial charge in [0.15, 0.2) is 0 Å². The number of hydrogen-bond acceptors (Lipinski definition) is 4. The SMILES string of the molecule is Cc1ccc(CNC(=O)CCCn2c(=O)c3ccccc3n(CC(=O)Nc3ccc(F)cc3)c2=O)cc1. The Balaban J connectivity index is 1.47. The predicted octanol–water partition coefficient (Wildman–Crippen LogP) is 3.35. The van der Waals surface area contributed by atoms with Crippen molar-refractivity contribution < 1.29 is 14.0 Å². The molecule has 4 rings (SSSR count). The fourth-order valence-electron chi connectivity index (χ4n) is 3.99. The Morgan fingerprint density at radius 2 is 1.57 bits per heavy atom. The first-order valence-electron chi connectivity index (χ1n) is 11.9. The molecule has 1 heterocycles. The van der Waals surface area contributed by atoms with E-state index < -0.39 is 23.0 Å². The molecule has 3 aromatic carbocycles. The molecule has 8 nitrogen and oxygen atoms in total. The number of fused-ring (bicyclic) bond motifs is 1. The molecular weight excluding hydrogens is 475 g/mol. The van der Waals surface area contributed by atoms with Crippen molar-refractivity contribution in [3.63, 3.8) is 0 Å². The van der Waals surface area contributed by atoms with Crippen molar-refractivity contribution in [3.8, 4) is 0 Å². The van der Waals surface area contributed by atoms with Gasteiger partial charge in [-0.3, -0.25) is 23.5 Å². The van der Waals surface area contributed by atoms with Gasteiger partial charge in [-0.2, -0.15) is 0 Å². The fourth-order valence-corrected chi connectivity index (χ4v) is 3.99. The molecule has 0 radical (unpaired) electrons. The maximum atomic E-state index is 13.2. The lowest BCUT2D eigenvalue weighted by Crippen LogP contribution is -2.42. The molecule has 0 aliphatic heterocycles. The summed E-state index contributed by atoms with van der Waals surface area (Å²) in [7, 11) is 0. The summed E-state index contributed by atoms with van der Waals surface area (Å²) in [5.74, 6) is -1.12. The first-order valence-corrected chi connectivity index (χ1v) is 11.9. The minimum absolute atomic E-state index is 0.0278. The number of rotatable bonds is 9. The average molecular weight is 503 g/mol. The molecule has 2 amide bonds. The van der Waals surface area contributed by atoms with E-state index in [-0.39, 0.29) is 31.8 Å². The number of nitrogens with one attached hydrogen (secondary N) is 2. The van der Waals surface area contributed by atoms with E-state index in [0.29, 0.717) is 23.1 Å². The zero-order valence-electron chi connectivity index (χ0n) is 20.4. The van der Waals surface area contributed by atoms with E-state index in [4.69, 9.17) is 0 Å². The summed E-state index contributed by atoms with van der Waals surface area (Å²) >= 11 is 0. The number of carbonyl (C=O) groups is 2. The van der Waals surface area contributed by atoms with Gasteiger partial charge >= 0.3 is 5.69 Å². The molecule has 0 atom stereocenters. The molecule has 0 fully saturated rings. The third-order valence-electron chi connectivity index (χ3n) is 5.96. The molecule has 0 saturated heterocycles. The van der Waals surface area contributed by atoms with E-state index in [1.807, 2.05) is 31.2 Å². The predicted molar refractivity (Wildman–Crippen MR) is 140 cm³/mol. The second-order valence-electron chi connectivity index (χ2n) is 8.76. The number of aryl methyl sites for hydroxylation is 1. The third kappa shape index (κ3) is 6.38. The van der Waals surface area contributed by atoms with Crippen LogP contribution in [0.1, 0.15) is 24.0 Å². The van der Waals surface area contributed by atoms with Crippen LogP contribution in [0.25, 0.3) is 10.9 Å². The van der Waals surface area contributed by atoms with Crippen molar-refractivity contribution in [1.29, 1.82) is 0 Å². The van der Waals surface area contributed by atoms with Gasteiger partial charge in [-0.15, -0.1) is 0 Å². The largest absolute Gasteiger partial charge is 0.352 e. The van der Waals surface area contributed by atoms with E-state index in [2.05, 4.69) is 10.6 Å². The zero-order chi connectivity index (χ0) is 26.4. The number of nitrogens with zero attached hydrogens (tertiary/aromatic N) is 2. The molecule has 37 heavy (non-hydrogen) atoms. The monoisotopic (exact) mass is 502 g/mol. The van der Waals surface area contributed by atoms with Gasteiger partial charge in [-0.05, 0) is 55.3 Å². The third-order valence-corrected chi connectivity index (χ3v) is 5.96. The molecule has 0 aliphatic rings. The minimum atomic E-state index is -0.641. The number of hydrogen-bond donors (Lipinski definition) is 2. The Bertz CT molecular complexity index is 1540. The maximum absolute atomic E-state index is 13.2. The van der Waals surface area contributed by atoms with Crippen LogP contribution in [0.2, 0.25) is 0 Å². The number of aromatic nitrogens is 2. The van der Waals surface area contributed by atoms with Crippen LogP contribution in [0, 0.1) is 12.7 Å². The second kappa shape index (κ2) is 11.5. The highest BCUT2D eigenvalue weighted by atomic mass is 19.1. The molecule has 0 spiro atoms. The fraction of sp³-hybridized carbons (Fsp3) is 0.214. The van der Waals surface area contributed by atoms with Crippen LogP contribution in [0.15, 0.2) is 82.4 Å². The first-order chi connectivity index (χ1) is 17.8. The Labute approximate surface area is 212 Å². The molecule has 9 heteroatoms. The zero-order valence-corrected chi connectivity index (χ0v) is 20.4. The molecule has 2 N–H and O–H groups in total. The average Bonchev–Trinajstić information content (AvgIpc) is 2.89. The Morgan fingerprint density at radius 3 is 2.30 bits per heavy atom. The smallest absolute Gasteiger partial charge is 0.331 e. The molecular formula is C28H27FN4O4. The minimum Gasteiger partial charge on any atom is -0.352 e. The van der Waals surface area contributed by atoms with Crippen LogP contribution in [0.3, 0.4) is 0 Å². The number of para-hydroxylation sites is 1. The van der Waals surface area contributed by atoms with Crippen LogP contribution in [-0.4, -0.2) is 20.9 Å². The second-order valence-corrected chi connectivity index (χ2v) is 8.76. The summed E-state index contributed by atoms with van der Waals surface area (Å²) in [6.45, 7) is 2.07. The first kappa shape index (κ1) is 25.6. The lowest BCUT2D eigenvalue weighted by Gasteiger charge is -2.14. The molecule has 0 aliphatic carbocycles. The van der Waals surface area contributed by atoms with E-state index in [1.165, 1.54) is 28.8 Å². The summed E-state index contributed by atoms with van der Waals surface area (Å²) in [5.41, 5.74) is 1.71. The van der Waals surface area contributed by atoms with Crippen molar-refractivity contribution in [2.45, 2.75) is 39.4 Å². The number of benzene rings is 3. The van der Waals surface area contributed by atoms with E-state index in [9.17, 15) is 23.6 Å². The Kier molecular flexibility index (Phi) is 7.92. The Hall–Kier alpha value is -4.53. The van der Waals surface area contributed by atoms with Crippen molar-refractivity contribution in [2.75, 3.05) is 5.32 Å². The normalized spacial score (nSPS) is 10.9. The number of carbonyl (C=O) groups excluding carboxylic acids is 2. The van der Waals surface area contributed by atoms with Crippen molar-refractivity contribution in [1.82, 2.24) is 14.5 Å². The van der Waals surface area contributed by atoms with Crippen molar-refractivity contribution in [2.24, 2.45) is 0 Å². The Morgan fingerprint density at radius 1 is 0.865 bits per heavy atom. The lowest BCUT2D eigenvalue weighted by atomic mass is 10.1.